The average Bonchev–Trinajstić information content (AvgIpc) is 3.05. The molecule has 1 aromatic heterocycles. The Kier molecular flexibility index (Phi) is 5.30. The number of pyridine rings is 1. The van der Waals surface area contributed by atoms with Gasteiger partial charge in [-0.05, 0) is 35.4 Å². The van der Waals surface area contributed by atoms with E-state index in [-0.39, 0.29) is 17.9 Å². The van der Waals surface area contributed by atoms with Gasteiger partial charge in [0.05, 0.1) is 18.7 Å². The highest BCUT2D eigenvalue weighted by Gasteiger charge is 2.46. The van der Waals surface area contributed by atoms with Crippen LogP contribution in [-0.4, -0.2) is 33.8 Å². The number of aromatic nitrogens is 1. The molecule has 1 amide bonds. The largest absolute Gasteiger partial charge is 0.507 e. The van der Waals surface area contributed by atoms with Crippen molar-refractivity contribution in [3.05, 3.63) is 101 Å². The van der Waals surface area contributed by atoms with Crippen LogP contribution in [0.5, 0.6) is 5.75 Å². The lowest BCUT2D eigenvalue weighted by Gasteiger charge is -2.25. The van der Waals surface area contributed by atoms with Crippen molar-refractivity contribution < 1.29 is 19.4 Å². The first-order chi connectivity index (χ1) is 14.6. The summed E-state index contributed by atoms with van der Waals surface area (Å²) in [6, 6.07) is 18.9. The molecule has 3 aromatic rings. The molecular formula is C24H20N2O4. The number of amides is 1. The first kappa shape index (κ1) is 19.4. The van der Waals surface area contributed by atoms with Gasteiger partial charge in [-0.1, -0.05) is 42.5 Å². The molecule has 0 spiro atoms. The van der Waals surface area contributed by atoms with Crippen LogP contribution in [0.25, 0.3) is 5.76 Å². The molecule has 6 heteroatoms. The molecule has 0 radical (unpaired) electrons. The van der Waals surface area contributed by atoms with E-state index >= 15 is 0 Å². The summed E-state index contributed by atoms with van der Waals surface area (Å²) in [5, 5.41) is 11.1. The topological polar surface area (TPSA) is 79.7 Å². The van der Waals surface area contributed by atoms with Crippen LogP contribution in [0.1, 0.15) is 22.7 Å². The van der Waals surface area contributed by atoms with E-state index in [9.17, 15) is 14.7 Å². The predicted molar refractivity (Wildman–Crippen MR) is 112 cm³/mol. The number of ether oxygens (including phenoxy) is 1. The van der Waals surface area contributed by atoms with Gasteiger partial charge in [0.25, 0.3) is 11.7 Å². The maximum atomic E-state index is 13.0. The molecule has 4 rings (SSSR count). The van der Waals surface area contributed by atoms with Crippen LogP contribution in [0.15, 0.2) is 84.7 Å². The molecule has 0 aliphatic carbocycles. The van der Waals surface area contributed by atoms with Crippen LogP contribution < -0.4 is 4.74 Å². The number of rotatable bonds is 5. The SMILES string of the molecule is COc1cccc(C(O)=C2C(=O)C(=O)N(Cc3ccncc3)C2c2ccccc2)c1. The average molecular weight is 400 g/mol. The van der Waals surface area contributed by atoms with Crippen molar-refractivity contribution in [1.82, 2.24) is 9.88 Å². The number of ketones is 1. The smallest absolute Gasteiger partial charge is 0.295 e. The first-order valence-electron chi connectivity index (χ1n) is 9.47. The monoisotopic (exact) mass is 400 g/mol. The molecule has 0 saturated carbocycles. The standard InChI is InChI=1S/C24H20N2O4/c1-30-19-9-5-8-18(14-19)22(27)20-21(17-6-3-2-4-7-17)26(24(29)23(20)28)15-16-10-12-25-13-11-16/h2-14,21,27H,15H2,1H3. The number of carbonyl (C=O) groups is 2. The summed E-state index contributed by atoms with van der Waals surface area (Å²) >= 11 is 0. The maximum absolute atomic E-state index is 13.0. The fraction of sp³-hybridized carbons (Fsp3) is 0.125. The summed E-state index contributed by atoms with van der Waals surface area (Å²) in [6.45, 7) is 0.224. The van der Waals surface area contributed by atoms with Crippen molar-refractivity contribution in [2.75, 3.05) is 7.11 Å². The molecule has 1 atom stereocenters. The van der Waals surface area contributed by atoms with Crippen molar-refractivity contribution in [2.45, 2.75) is 12.6 Å². The second kappa shape index (κ2) is 8.21. The Morgan fingerprint density at radius 2 is 1.77 bits per heavy atom. The van der Waals surface area contributed by atoms with Gasteiger partial charge in [0, 0.05) is 24.5 Å². The molecule has 1 aliphatic heterocycles. The molecule has 2 heterocycles. The molecule has 1 aliphatic rings. The zero-order valence-electron chi connectivity index (χ0n) is 16.4. The van der Waals surface area contributed by atoms with Crippen LogP contribution in [0.4, 0.5) is 0 Å². The number of nitrogens with zero attached hydrogens (tertiary/aromatic N) is 2. The fourth-order valence-electron chi connectivity index (χ4n) is 3.64. The summed E-state index contributed by atoms with van der Waals surface area (Å²) in [4.78, 5) is 31.4. The van der Waals surface area contributed by atoms with Crippen molar-refractivity contribution in [3.63, 3.8) is 0 Å². The number of methoxy groups -OCH3 is 1. The summed E-state index contributed by atoms with van der Waals surface area (Å²) in [7, 11) is 1.52. The van der Waals surface area contributed by atoms with Crippen molar-refractivity contribution in [1.29, 1.82) is 0 Å². The summed E-state index contributed by atoms with van der Waals surface area (Å²) in [6.07, 6.45) is 3.28. The lowest BCUT2D eigenvalue weighted by atomic mass is 9.95. The quantitative estimate of drug-likeness (QED) is 0.401. The van der Waals surface area contributed by atoms with E-state index < -0.39 is 17.7 Å². The number of hydrogen-bond donors (Lipinski definition) is 1. The second-order valence-electron chi connectivity index (χ2n) is 6.93. The van der Waals surface area contributed by atoms with Crippen molar-refractivity contribution >= 4 is 17.4 Å². The lowest BCUT2D eigenvalue weighted by molar-refractivity contribution is -0.140. The van der Waals surface area contributed by atoms with Gasteiger partial charge in [-0.25, -0.2) is 0 Å². The van der Waals surface area contributed by atoms with Gasteiger partial charge in [0.2, 0.25) is 0 Å². The Labute approximate surface area is 174 Å². The highest BCUT2D eigenvalue weighted by atomic mass is 16.5. The number of carbonyl (C=O) groups excluding carboxylic acids is 2. The Morgan fingerprint density at radius 1 is 1.03 bits per heavy atom. The molecule has 1 saturated heterocycles. The van der Waals surface area contributed by atoms with E-state index in [1.807, 2.05) is 30.3 Å². The van der Waals surface area contributed by atoms with Gasteiger partial charge in [-0.15, -0.1) is 0 Å². The molecular weight excluding hydrogens is 380 g/mol. The molecule has 2 aromatic carbocycles. The van der Waals surface area contributed by atoms with E-state index in [2.05, 4.69) is 4.98 Å². The molecule has 1 N–H and O–H groups in total. The van der Waals surface area contributed by atoms with Crippen LogP contribution in [-0.2, 0) is 16.1 Å². The second-order valence-corrected chi connectivity index (χ2v) is 6.93. The van der Waals surface area contributed by atoms with Gasteiger partial charge in [0.1, 0.15) is 11.5 Å². The molecule has 1 fully saturated rings. The van der Waals surface area contributed by atoms with Crippen molar-refractivity contribution in [3.8, 4) is 5.75 Å². The molecule has 150 valence electrons. The normalized spacial score (nSPS) is 17.9. The van der Waals surface area contributed by atoms with E-state index in [4.69, 9.17) is 4.74 Å². The third kappa shape index (κ3) is 3.55. The van der Waals surface area contributed by atoms with Crippen LogP contribution in [0.2, 0.25) is 0 Å². The minimum Gasteiger partial charge on any atom is -0.507 e. The van der Waals surface area contributed by atoms with Gasteiger partial charge in [-0.2, -0.15) is 0 Å². The van der Waals surface area contributed by atoms with E-state index in [1.54, 1.807) is 48.8 Å². The summed E-state index contributed by atoms with van der Waals surface area (Å²) < 4.78 is 5.23. The molecule has 30 heavy (non-hydrogen) atoms. The maximum Gasteiger partial charge on any atom is 0.295 e. The minimum absolute atomic E-state index is 0.0634. The third-order valence-electron chi connectivity index (χ3n) is 5.10. The van der Waals surface area contributed by atoms with Gasteiger partial charge < -0.3 is 14.7 Å². The fourth-order valence-corrected chi connectivity index (χ4v) is 3.64. The molecule has 6 nitrogen and oxygen atoms in total. The van der Waals surface area contributed by atoms with E-state index in [1.165, 1.54) is 12.0 Å². The van der Waals surface area contributed by atoms with Gasteiger partial charge in [-0.3, -0.25) is 14.6 Å². The Bertz CT molecular complexity index is 1110. The number of aliphatic hydroxyl groups excluding tert-OH is 1. The van der Waals surface area contributed by atoms with Crippen molar-refractivity contribution in [2.24, 2.45) is 0 Å². The zero-order chi connectivity index (χ0) is 21.1. The number of benzene rings is 2. The van der Waals surface area contributed by atoms with Gasteiger partial charge in [0.15, 0.2) is 0 Å². The minimum atomic E-state index is -0.710. The molecule has 1 unspecified atom stereocenters. The van der Waals surface area contributed by atoms with E-state index in [0.717, 1.165) is 11.1 Å². The number of aliphatic hydroxyl groups is 1. The van der Waals surface area contributed by atoms with Crippen LogP contribution >= 0.6 is 0 Å². The predicted octanol–water partition coefficient (Wildman–Crippen LogP) is 3.71. The summed E-state index contributed by atoms with van der Waals surface area (Å²) in [5.41, 5.74) is 2.06. The Morgan fingerprint density at radius 3 is 2.47 bits per heavy atom. The summed E-state index contributed by atoms with van der Waals surface area (Å²) in [5.74, 6) is -1.04. The van der Waals surface area contributed by atoms with Crippen LogP contribution in [0, 0.1) is 0 Å². The first-order valence-corrected chi connectivity index (χ1v) is 9.47. The Hall–Kier alpha value is -3.93. The number of Topliss-reactive ketones (excluding diaryl/α,β-unsaturated/α-hetero) is 1. The number of likely N-dealkylation sites (tertiary alicyclic amines) is 1. The highest BCUT2D eigenvalue weighted by molar-refractivity contribution is 6.46. The highest BCUT2D eigenvalue weighted by Crippen LogP contribution is 2.40. The van der Waals surface area contributed by atoms with E-state index in [0.29, 0.717) is 11.3 Å². The third-order valence-corrected chi connectivity index (χ3v) is 5.10. The van der Waals surface area contributed by atoms with Crippen LogP contribution in [0.3, 0.4) is 0 Å². The number of hydrogen-bond acceptors (Lipinski definition) is 5. The zero-order valence-corrected chi connectivity index (χ0v) is 16.4. The molecule has 0 bridgehead atoms. The van der Waals surface area contributed by atoms with Gasteiger partial charge >= 0.3 is 0 Å². The Balaban J connectivity index is 1.85. The lowest BCUT2D eigenvalue weighted by Crippen LogP contribution is -2.29.